The van der Waals surface area contributed by atoms with E-state index in [2.05, 4.69) is 18.6 Å². The molecule has 5 aliphatic rings. The summed E-state index contributed by atoms with van der Waals surface area (Å²) in [5.41, 5.74) is -0.870. The lowest BCUT2D eigenvalue weighted by Crippen LogP contribution is -2.53. The van der Waals surface area contributed by atoms with Crippen molar-refractivity contribution in [1.82, 2.24) is 0 Å². The molecule has 5 saturated heterocycles. The van der Waals surface area contributed by atoms with E-state index >= 15 is 0 Å². The lowest BCUT2D eigenvalue weighted by atomic mass is 9.85. The van der Waals surface area contributed by atoms with Gasteiger partial charge in [0.1, 0.15) is 17.3 Å². The number of carbonyl (C=O) groups is 1. The number of carbonyl (C=O) groups excluding carboxylic acids is 1. The zero-order valence-corrected chi connectivity index (χ0v) is 21.9. The van der Waals surface area contributed by atoms with E-state index in [9.17, 15) is 15.0 Å². The molecule has 9 nitrogen and oxygen atoms in total. The molecule has 5 heterocycles. The Balaban J connectivity index is 0.000000173. The molecule has 4 unspecified atom stereocenters. The summed E-state index contributed by atoms with van der Waals surface area (Å²) in [5.74, 6) is -0.397. The van der Waals surface area contributed by atoms with Gasteiger partial charge in [-0.1, -0.05) is 26.7 Å². The van der Waals surface area contributed by atoms with E-state index in [1.165, 1.54) is 13.2 Å². The second-order valence-electron chi connectivity index (χ2n) is 10.8. The number of hydrogen-bond acceptors (Lipinski definition) is 9. The quantitative estimate of drug-likeness (QED) is 0.393. The van der Waals surface area contributed by atoms with Crippen LogP contribution in [-0.2, 0) is 33.2 Å². The highest BCUT2D eigenvalue weighted by atomic mass is 16.7. The van der Waals surface area contributed by atoms with Gasteiger partial charge in [0, 0.05) is 18.9 Å². The number of methoxy groups -OCH3 is 1. The van der Waals surface area contributed by atoms with Crippen LogP contribution in [0.4, 0.5) is 0 Å². The summed E-state index contributed by atoms with van der Waals surface area (Å²) in [7, 11) is 1.34. The maximum Gasteiger partial charge on any atom is 0.330 e. The molecule has 0 aromatic rings. The Kier molecular flexibility index (Phi) is 9.47. The molecule has 0 saturated carbocycles. The minimum Gasteiger partial charge on any atom is -0.466 e. The molecule has 0 aliphatic carbocycles. The molecule has 36 heavy (non-hydrogen) atoms. The largest absolute Gasteiger partial charge is 0.466 e. The molecular weight excluding hydrogens is 468 g/mol. The Labute approximate surface area is 214 Å². The molecule has 5 fully saturated rings. The molecule has 1 spiro atoms. The van der Waals surface area contributed by atoms with Crippen molar-refractivity contribution >= 4 is 5.97 Å². The van der Waals surface area contributed by atoms with Crippen LogP contribution >= 0.6 is 0 Å². The molecule has 5 aliphatic heterocycles. The first-order chi connectivity index (χ1) is 17.4. The Hall–Kier alpha value is -1.07. The predicted molar refractivity (Wildman–Crippen MR) is 130 cm³/mol. The van der Waals surface area contributed by atoms with Crippen LogP contribution < -0.4 is 0 Å². The van der Waals surface area contributed by atoms with Crippen LogP contribution in [0.25, 0.3) is 0 Å². The fraction of sp³-hybridized carbons (Fsp3) is 0.889. The number of fused-ring (bicyclic) bond motifs is 2. The van der Waals surface area contributed by atoms with Crippen molar-refractivity contribution in [1.29, 1.82) is 0 Å². The zero-order valence-electron chi connectivity index (χ0n) is 21.9. The van der Waals surface area contributed by atoms with Crippen molar-refractivity contribution < 1.29 is 43.4 Å². The van der Waals surface area contributed by atoms with Crippen LogP contribution in [0.5, 0.6) is 0 Å². The van der Waals surface area contributed by atoms with Gasteiger partial charge in [0.15, 0.2) is 6.29 Å². The van der Waals surface area contributed by atoms with Crippen molar-refractivity contribution in [3.8, 4) is 0 Å². The molecule has 0 aromatic carbocycles. The van der Waals surface area contributed by atoms with Crippen LogP contribution in [0, 0.1) is 0 Å². The number of ether oxygens (including phenoxy) is 6. The van der Waals surface area contributed by atoms with Gasteiger partial charge in [0.05, 0.1) is 50.8 Å². The average molecular weight is 513 g/mol. The number of hydrogen-bond donors (Lipinski definition) is 2. The first-order valence-electron chi connectivity index (χ1n) is 13.7. The summed E-state index contributed by atoms with van der Waals surface area (Å²) < 4.78 is 34.0. The molecule has 2 bridgehead atoms. The van der Waals surface area contributed by atoms with Crippen LogP contribution in [0.1, 0.15) is 78.1 Å². The van der Waals surface area contributed by atoms with Gasteiger partial charge in [0.2, 0.25) is 0 Å². The summed E-state index contributed by atoms with van der Waals surface area (Å²) in [5, 5.41) is 19.4. The van der Waals surface area contributed by atoms with Crippen LogP contribution in [-0.4, -0.2) is 90.6 Å². The second kappa shape index (κ2) is 12.2. The highest BCUT2D eigenvalue weighted by molar-refractivity contribution is 5.81. The summed E-state index contributed by atoms with van der Waals surface area (Å²) >= 11 is 0. The van der Waals surface area contributed by atoms with E-state index in [0.29, 0.717) is 19.1 Å². The van der Waals surface area contributed by atoms with Gasteiger partial charge in [-0.3, -0.25) is 0 Å². The molecule has 9 heteroatoms. The van der Waals surface area contributed by atoms with Crippen molar-refractivity contribution in [2.45, 2.75) is 132 Å². The van der Waals surface area contributed by atoms with Gasteiger partial charge in [-0.05, 0) is 44.6 Å². The van der Waals surface area contributed by atoms with Crippen LogP contribution in [0.2, 0.25) is 0 Å². The van der Waals surface area contributed by atoms with Crippen molar-refractivity contribution in [3.63, 3.8) is 0 Å². The van der Waals surface area contributed by atoms with Gasteiger partial charge < -0.3 is 38.6 Å². The third-order valence-corrected chi connectivity index (χ3v) is 8.20. The van der Waals surface area contributed by atoms with E-state index < -0.39 is 17.9 Å². The Morgan fingerprint density at radius 1 is 1.00 bits per heavy atom. The maximum absolute atomic E-state index is 11.1. The molecular formula is C27H44O9. The monoisotopic (exact) mass is 512 g/mol. The fourth-order valence-corrected chi connectivity index (χ4v) is 6.39. The lowest BCUT2D eigenvalue weighted by Gasteiger charge is -2.42. The average Bonchev–Trinajstić information content (AvgIpc) is 3.41. The number of rotatable bonds is 7. The smallest absolute Gasteiger partial charge is 0.330 e. The SMILES string of the molecule is CCCC1CC[C@@H]2O[C@@H](/C=C/C(=O)OC)CC2(CO)O1.CCCC1CC[C@@H]2O[C@@H]3C[C@]2(COC3O)O1. The summed E-state index contributed by atoms with van der Waals surface area (Å²) in [6.07, 6.45) is 12.2. The fourth-order valence-electron chi connectivity index (χ4n) is 6.39. The molecule has 0 radical (unpaired) electrons. The minimum absolute atomic E-state index is 0.0412. The van der Waals surface area contributed by atoms with E-state index in [1.54, 1.807) is 6.08 Å². The number of esters is 1. The number of aliphatic hydroxyl groups excluding tert-OH is 2. The second-order valence-corrected chi connectivity index (χ2v) is 10.8. The molecule has 5 rings (SSSR count). The minimum atomic E-state index is -0.760. The van der Waals surface area contributed by atoms with E-state index in [1.807, 2.05) is 0 Å². The molecule has 9 atom stereocenters. The Bertz CT molecular complexity index is 760. The number of aliphatic hydroxyl groups is 2. The first-order valence-corrected chi connectivity index (χ1v) is 13.7. The molecule has 206 valence electrons. The van der Waals surface area contributed by atoms with E-state index in [-0.39, 0.29) is 42.7 Å². The van der Waals surface area contributed by atoms with Crippen LogP contribution in [0.3, 0.4) is 0 Å². The van der Waals surface area contributed by atoms with Crippen molar-refractivity contribution in [2.24, 2.45) is 0 Å². The van der Waals surface area contributed by atoms with Gasteiger partial charge >= 0.3 is 5.97 Å². The predicted octanol–water partition coefficient (Wildman–Crippen LogP) is 2.79. The van der Waals surface area contributed by atoms with Gasteiger partial charge in [-0.15, -0.1) is 0 Å². The molecule has 2 N–H and O–H groups in total. The van der Waals surface area contributed by atoms with E-state index in [0.717, 1.165) is 57.8 Å². The normalized spacial score (nSPS) is 43.4. The van der Waals surface area contributed by atoms with Gasteiger partial charge in [0.25, 0.3) is 0 Å². The molecule has 0 amide bonds. The molecule has 0 aromatic heterocycles. The van der Waals surface area contributed by atoms with E-state index in [4.69, 9.17) is 23.7 Å². The highest BCUT2D eigenvalue weighted by Gasteiger charge is 2.58. The Morgan fingerprint density at radius 3 is 2.36 bits per heavy atom. The Morgan fingerprint density at radius 2 is 1.69 bits per heavy atom. The van der Waals surface area contributed by atoms with Crippen molar-refractivity contribution in [3.05, 3.63) is 12.2 Å². The zero-order chi connectivity index (χ0) is 25.8. The van der Waals surface area contributed by atoms with Gasteiger partial charge in [-0.2, -0.15) is 0 Å². The third kappa shape index (κ3) is 5.98. The topological polar surface area (TPSA) is 113 Å². The summed E-state index contributed by atoms with van der Waals surface area (Å²) in [6, 6.07) is 0. The third-order valence-electron chi connectivity index (χ3n) is 8.20. The van der Waals surface area contributed by atoms with Gasteiger partial charge in [-0.25, -0.2) is 4.79 Å². The first kappa shape index (κ1) is 28.0. The summed E-state index contributed by atoms with van der Waals surface area (Å²) in [6.45, 7) is 4.76. The highest BCUT2D eigenvalue weighted by Crippen LogP contribution is 2.46. The standard InChI is InChI=1S/C15H24O5.C12H20O4/c1-3-4-11-5-7-13-15(10-16,20-11)9-12(19-13)6-8-14(17)18-2;1-2-3-8-4-5-10-12(16-8)6-9(15-10)11(13)14-7-12/h6,8,11-13,16H,3-5,7,9-10H2,1-2H3;8-11,13H,2-7H2,1H3/b8-6+;/t11?,12-,13-,15?;8?,9-,10+,11?,12-/m01/s1. The lowest BCUT2D eigenvalue weighted by molar-refractivity contribution is -0.222. The van der Waals surface area contributed by atoms with Crippen LogP contribution in [0.15, 0.2) is 12.2 Å². The maximum atomic E-state index is 11.1. The van der Waals surface area contributed by atoms with Crippen molar-refractivity contribution in [2.75, 3.05) is 20.3 Å². The summed E-state index contributed by atoms with van der Waals surface area (Å²) in [4.78, 5) is 11.1.